The summed E-state index contributed by atoms with van der Waals surface area (Å²) in [5, 5.41) is 3.05. The van der Waals surface area contributed by atoms with E-state index in [0.717, 1.165) is 5.56 Å². The van der Waals surface area contributed by atoms with E-state index < -0.39 is 5.91 Å². The van der Waals surface area contributed by atoms with Crippen molar-refractivity contribution >= 4 is 16.8 Å². The first-order chi connectivity index (χ1) is 15.0. The minimum Gasteiger partial charge on any atom is -0.497 e. The topological polar surface area (TPSA) is 86.1 Å². The Morgan fingerprint density at radius 2 is 1.90 bits per heavy atom. The Morgan fingerprint density at radius 3 is 2.71 bits per heavy atom. The zero-order valence-corrected chi connectivity index (χ0v) is 16.7. The normalized spacial score (nSPS) is 10.8. The molecular formula is C23H19FN4O3. The number of benzene rings is 2. The predicted molar refractivity (Wildman–Crippen MR) is 113 cm³/mol. The Bertz CT molecular complexity index is 1320. The predicted octanol–water partition coefficient (Wildman–Crippen LogP) is 2.92. The molecule has 0 radical (unpaired) electrons. The van der Waals surface area contributed by atoms with Gasteiger partial charge >= 0.3 is 0 Å². The second-order valence-corrected chi connectivity index (χ2v) is 6.93. The largest absolute Gasteiger partial charge is 0.497 e. The van der Waals surface area contributed by atoms with Crippen LogP contribution in [0.5, 0.6) is 5.75 Å². The molecule has 31 heavy (non-hydrogen) atoms. The standard InChI is InChI=1S/C23H19FN4O3/c1-31-18-7-3-4-15(9-18)11-26-22(29)20-10-19-21(12-25-20)27-14-28(23(19)30)13-16-5-2-6-17(24)8-16/h2-10,12,14H,11,13H2,1H3,(H,26,29). The van der Waals surface area contributed by atoms with Crippen LogP contribution in [-0.4, -0.2) is 27.6 Å². The van der Waals surface area contributed by atoms with Gasteiger partial charge in [0.05, 0.1) is 37.1 Å². The average Bonchev–Trinajstić information content (AvgIpc) is 2.79. The molecule has 0 saturated heterocycles. The van der Waals surface area contributed by atoms with E-state index in [1.165, 1.54) is 35.3 Å². The molecule has 1 amide bonds. The highest BCUT2D eigenvalue weighted by Gasteiger charge is 2.12. The van der Waals surface area contributed by atoms with Gasteiger partial charge in [-0.1, -0.05) is 24.3 Å². The van der Waals surface area contributed by atoms with Gasteiger partial charge in [0.2, 0.25) is 0 Å². The number of nitrogens with one attached hydrogen (secondary N) is 1. The number of hydrogen-bond acceptors (Lipinski definition) is 5. The highest BCUT2D eigenvalue weighted by Crippen LogP contribution is 2.13. The summed E-state index contributed by atoms with van der Waals surface area (Å²) in [6, 6.07) is 14.8. The third-order valence-electron chi connectivity index (χ3n) is 4.77. The van der Waals surface area contributed by atoms with Crippen molar-refractivity contribution in [3.05, 3.63) is 100 Å². The summed E-state index contributed by atoms with van der Waals surface area (Å²) < 4.78 is 20.0. The maximum absolute atomic E-state index is 13.4. The van der Waals surface area contributed by atoms with Crippen LogP contribution in [0.15, 0.2) is 71.9 Å². The van der Waals surface area contributed by atoms with Crippen molar-refractivity contribution in [3.63, 3.8) is 0 Å². The molecule has 0 bridgehead atoms. The lowest BCUT2D eigenvalue weighted by atomic mass is 10.2. The summed E-state index contributed by atoms with van der Waals surface area (Å²) >= 11 is 0. The fourth-order valence-electron chi connectivity index (χ4n) is 3.19. The Balaban J connectivity index is 1.56. The highest BCUT2D eigenvalue weighted by molar-refractivity contribution is 5.95. The zero-order valence-electron chi connectivity index (χ0n) is 16.7. The highest BCUT2D eigenvalue weighted by atomic mass is 19.1. The molecule has 4 rings (SSSR count). The Labute approximate surface area is 177 Å². The number of fused-ring (bicyclic) bond motifs is 1. The second kappa shape index (κ2) is 8.74. The van der Waals surface area contributed by atoms with E-state index in [-0.39, 0.29) is 35.5 Å². The molecule has 0 unspecified atom stereocenters. The number of amides is 1. The summed E-state index contributed by atoms with van der Waals surface area (Å²) in [6.45, 7) is 0.450. The fraction of sp³-hybridized carbons (Fsp3) is 0.130. The van der Waals surface area contributed by atoms with Crippen LogP contribution >= 0.6 is 0 Å². The zero-order chi connectivity index (χ0) is 21.8. The Kier molecular flexibility index (Phi) is 5.70. The molecule has 4 aromatic rings. The van der Waals surface area contributed by atoms with Gasteiger partial charge in [0.25, 0.3) is 11.5 Å². The van der Waals surface area contributed by atoms with E-state index >= 15 is 0 Å². The van der Waals surface area contributed by atoms with Gasteiger partial charge in [-0.2, -0.15) is 0 Å². The van der Waals surface area contributed by atoms with E-state index in [9.17, 15) is 14.0 Å². The minimum atomic E-state index is -0.412. The molecule has 2 aromatic heterocycles. The van der Waals surface area contributed by atoms with E-state index in [2.05, 4.69) is 15.3 Å². The Hall–Kier alpha value is -4.07. The lowest BCUT2D eigenvalue weighted by Gasteiger charge is -2.09. The van der Waals surface area contributed by atoms with Crippen LogP contribution in [0.25, 0.3) is 10.9 Å². The van der Waals surface area contributed by atoms with Crippen molar-refractivity contribution in [3.8, 4) is 5.75 Å². The molecule has 0 fully saturated rings. The number of ether oxygens (including phenoxy) is 1. The third kappa shape index (κ3) is 4.58. The van der Waals surface area contributed by atoms with Crippen LogP contribution in [0.1, 0.15) is 21.6 Å². The molecule has 156 valence electrons. The number of nitrogens with zero attached hydrogens (tertiary/aromatic N) is 3. The molecule has 0 aliphatic heterocycles. The second-order valence-electron chi connectivity index (χ2n) is 6.93. The first-order valence-electron chi connectivity index (χ1n) is 9.54. The summed E-state index contributed by atoms with van der Waals surface area (Å²) in [6.07, 6.45) is 2.78. The summed E-state index contributed by atoms with van der Waals surface area (Å²) in [7, 11) is 1.58. The number of rotatable bonds is 6. The SMILES string of the molecule is COc1cccc(CNC(=O)c2cc3c(=O)n(Cc4cccc(F)c4)cnc3cn2)c1. The quantitative estimate of drug-likeness (QED) is 0.520. The number of halogens is 1. The van der Waals surface area contributed by atoms with Gasteiger partial charge in [-0.25, -0.2) is 14.4 Å². The molecule has 7 nitrogen and oxygen atoms in total. The minimum absolute atomic E-state index is 0.109. The third-order valence-corrected chi connectivity index (χ3v) is 4.77. The van der Waals surface area contributed by atoms with Gasteiger partial charge in [-0.3, -0.25) is 14.2 Å². The Morgan fingerprint density at radius 1 is 1.10 bits per heavy atom. The number of carbonyl (C=O) groups is 1. The molecule has 1 N–H and O–H groups in total. The lowest BCUT2D eigenvalue weighted by Crippen LogP contribution is -2.25. The number of carbonyl (C=O) groups excluding carboxylic acids is 1. The van der Waals surface area contributed by atoms with Gasteiger partial charge in [-0.05, 0) is 41.5 Å². The van der Waals surface area contributed by atoms with Crippen molar-refractivity contribution in [2.24, 2.45) is 0 Å². The molecular weight excluding hydrogens is 399 g/mol. The molecule has 0 spiro atoms. The summed E-state index contributed by atoms with van der Waals surface area (Å²) in [5.41, 5.74) is 1.65. The monoisotopic (exact) mass is 418 g/mol. The molecule has 0 aliphatic rings. The first-order valence-corrected chi connectivity index (χ1v) is 9.54. The molecule has 0 aliphatic carbocycles. The molecule has 0 saturated carbocycles. The number of aromatic nitrogens is 3. The lowest BCUT2D eigenvalue weighted by molar-refractivity contribution is 0.0946. The van der Waals surface area contributed by atoms with Crippen molar-refractivity contribution in [1.82, 2.24) is 19.9 Å². The summed E-state index contributed by atoms with van der Waals surface area (Å²) in [5.74, 6) is -0.0938. The van der Waals surface area contributed by atoms with Crippen LogP contribution in [-0.2, 0) is 13.1 Å². The number of hydrogen-bond donors (Lipinski definition) is 1. The van der Waals surface area contributed by atoms with Gasteiger partial charge in [-0.15, -0.1) is 0 Å². The number of methoxy groups -OCH3 is 1. The van der Waals surface area contributed by atoms with Crippen LogP contribution in [0, 0.1) is 5.82 Å². The summed E-state index contributed by atoms with van der Waals surface area (Å²) in [4.78, 5) is 33.8. The van der Waals surface area contributed by atoms with Gasteiger partial charge < -0.3 is 10.1 Å². The van der Waals surface area contributed by atoms with E-state index in [4.69, 9.17) is 4.74 Å². The van der Waals surface area contributed by atoms with Crippen LogP contribution in [0.3, 0.4) is 0 Å². The molecule has 0 atom stereocenters. The van der Waals surface area contributed by atoms with Crippen molar-refractivity contribution < 1.29 is 13.9 Å². The van der Waals surface area contributed by atoms with Crippen LogP contribution in [0.2, 0.25) is 0 Å². The number of pyridine rings is 1. The van der Waals surface area contributed by atoms with E-state index in [0.29, 0.717) is 16.8 Å². The smallest absolute Gasteiger partial charge is 0.270 e. The maximum atomic E-state index is 13.4. The fourth-order valence-corrected chi connectivity index (χ4v) is 3.19. The molecule has 8 heteroatoms. The van der Waals surface area contributed by atoms with Crippen LogP contribution < -0.4 is 15.6 Å². The van der Waals surface area contributed by atoms with Gasteiger partial charge in [0, 0.05) is 6.54 Å². The van der Waals surface area contributed by atoms with Gasteiger partial charge in [0.15, 0.2) is 0 Å². The van der Waals surface area contributed by atoms with Crippen molar-refractivity contribution in [2.45, 2.75) is 13.1 Å². The molecule has 2 aromatic carbocycles. The average molecular weight is 418 g/mol. The van der Waals surface area contributed by atoms with Crippen LogP contribution in [0.4, 0.5) is 4.39 Å². The first kappa shape index (κ1) is 20.2. The van der Waals surface area contributed by atoms with Crippen molar-refractivity contribution in [2.75, 3.05) is 7.11 Å². The van der Waals surface area contributed by atoms with E-state index in [1.54, 1.807) is 19.2 Å². The van der Waals surface area contributed by atoms with Gasteiger partial charge in [0.1, 0.15) is 17.3 Å². The molecule has 2 heterocycles. The van der Waals surface area contributed by atoms with E-state index in [1.807, 2.05) is 24.3 Å². The van der Waals surface area contributed by atoms with Crippen molar-refractivity contribution in [1.29, 1.82) is 0 Å². The maximum Gasteiger partial charge on any atom is 0.270 e.